The molecule has 9 heteroatoms. The minimum atomic E-state index is -0.604. The molecule has 0 saturated heterocycles. The smallest absolute Gasteiger partial charge is 0.155 e. The second kappa shape index (κ2) is 7.13. The Kier molecular flexibility index (Phi) is 3.22. The monoisotopic (exact) mass is 395 g/mol. The standard InChI is InChI=1S/C19H15ClN8/c1-11(26-19-14(8-21)18(22)24-10-25-19)13-7-16-23-9-15(20)28(16)27-17(13)12-5-3-2-4-6-12/h2-7,9-11H,1H3,(H3,22,24,25,26)/i2D,3D,4D,5D,6D. The average Bonchev–Trinajstić information content (AvgIpc) is 3.16. The number of imidazole rings is 1. The summed E-state index contributed by atoms with van der Waals surface area (Å²) in [7, 11) is 0. The summed E-state index contributed by atoms with van der Waals surface area (Å²) < 4.78 is 42.0. The minimum absolute atomic E-state index is 0.00154. The molecule has 0 aliphatic heterocycles. The Balaban J connectivity index is 1.97. The number of nitrogens with two attached hydrogens (primary N) is 1. The molecule has 0 radical (unpaired) electrons. The van der Waals surface area contributed by atoms with Crippen LogP contribution in [-0.2, 0) is 0 Å². The largest absolute Gasteiger partial charge is 0.382 e. The molecule has 1 aromatic carbocycles. The molecule has 0 amide bonds. The molecule has 28 heavy (non-hydrogen) atoms. The van der Waals surface area contributed by atoms with Crippen LogP contribution in [0.3, 0.4) is 0 Å². The lowest BCUT2D eigenvalue weighted by atomic mass is 10.0. The Morgan fingerprint density at radius 3 is 2.82 bits per heavy atom. The van der Waals surface area contributed by atoms with Gasteiger partial charge in [-0.25, -0.2) is 19.5 Å². The van der Waals surface area contributed by atoms with E-state index in [1.165, 1.54) is 17.0 Å². The number of aromatic nitrogens is 5. The first-order chi connectivity index (χ1) is 15.6. The van der Waals surface area contributed by atoms with Crippen molar-refractivity contribution >= 4 is 28.9 Å². The van der Waals surface area contributed by atoms with E-state index in [-0.39, 0.29) is 33.6 Å². The van der Waals surface area contributed by atoms with Crippen LogP contribution in [0.4, 0.5) is 11.6 Å². The van der Waals surface area contributed by atoms with E-state index in [1.807, 2.05) is 6.07 Å². The van der Waals surface area contributed by atoms with Gasteiger partial charge in [-0.05, 0) is 13.0 Å². The molecule has 0 aliphatic rings. The molecule has 4 aromatic rings. The molecule has 0 spiro atoms. The summed E-state index contributed by atoms with van der Waals surface area (Å²) in [6, 6.07) is 0.637. The fourth-order valence-electron chi connectivity index (χ4n) is 2.70. The molecule has 1 unspecified atom stereocenters. The van der Waals surface area contributed by atoms with Crippen molar-refractivity contribution in [3.8, 4) is 17.3 Å². The van der Waals surface area contributed by atoms with E-state index < -0.39 is 36.3 Å². The zero-order valence-corrected chi connectivity index (χ0v) is 15.2. The summed E-state index contributed by atoms with van der Waals surface area (Å²) in [5, 5.41) is 17.1. The topological polar surface area (TPSA) is 118 Å². The highest BCUT2D eigenvalue weighted by atomic mass is 35.5. The highest BCUT2D eigenvalue weighted by Crippen LogP contribution is 2.30. The molecule has 3 heterocycles. The minimum Gasteiger partial charge on any atom is -0.382 e. The summed E-state index contributed by atoms with van der Waals surface area (Å²) in [6.07, 6.45) is 2.59. The number of fused-ring (bicyclic) bond motifs is 1. The first-order valence-corrected chi connectivity index (χ1v) is 8.42. The predicted molar refractivity (Wildman–Crippen MR) is 107 cm³/mol. The van der Waals surface area contributed by atoms with Crippen LogP contribution in [0.15, 0.2) is 48.8 Å². The maximum atomic E-state index is 9.42. The van der Waals surface area contributed by atoms with Gasteiger partial charge in [0.15, 0.2) is 10.8 Å². The molecule has 0 fully saturated rings. The van der Waals surface area contributed by atoms with Crippen molar-refractivity contribution in [2.45, 2.75) is 13.0 Å². The van der Waals surface area contributed by atoms with Crippen molar-refractivity contribution in [1.29, 1.82) is 5.26 Å². The summed E-state index contributed by atoms with van der Waals surface area (Å²) in [5.74, 6) is 0.174. The lowest BCUT2D eigenvalue weighted by Gasteiger charge is -2.19. The van der Waals surface area contributed by atoms with Crippen molar-refractivity contribution < 1.29 is 6.85 Å². The van der Waals surface area contributed by atoms with Crippen LogP contribution >= 0.6 is 11.6 Å². The lowest BCUT2D eigenvalue weighted by molar-refractivity contribution is 0.840. The van der Waals surface area contributed by atoms with E-state index in [1.54, 1.807) is 13.0 Å². The van der Waals surface area contributed by atoms with Gasteiger partial charge in [-0.1, -0.05) is 41.8 Å². The fraction of sp³-hybridized carbons (Fsp3) is 0.105. The Morgan fingerprint density at radius 2 is 2.07 bits per heavy atom. The van der Waals surface area contributed by atoms with Crippen LogP contribution in [0.5, 0.6) is 0 Å². The van der Waals surface area contributed by atoms with Gasteiger partial charge in [-0.3, -0.25) is 0 Å². The normalized spacial score (nSPS) is 14.4. The SMILES string of the molecule is [2H]c1c([2H])c([2H])c(-c2nn3c(Cl)cnc3cc2C(C)Nc2ncnc(N)c2C#N)c([2H])c1[2H]. The number of rotatable bonds is 4. The number of nitrogen functional groups attached to an aromatic ring is 1. The molecule has 0 saturated carbocycles. The molecule has 0 aliphatic carbocycles. The van der Waals surface area contributed by atoms with Crippen molar-refractivity contribution in [3.05, 3.63) is 65.1 Å². The number of benzene rings is 1. The van der Waals surface area contributed by atoms with Crippen molar-refractivity contribution in [2.75, 3.05) is 11.1 Å². The number of nitrogens with one attached hydrogen (secondary N) is 1. The Labute approximate surface area is 172 Å². The van der Waals surface area contributed by atoms with Crippen LogP contribution in [0.2, 0.25) is 5.15 Å². The van der Waals surface area contributed by atoms with Gasteiger partial charge in [0.25, 0.3) is 0 Å². The van der Waals surface area contributed by atoms with Crippen LogP contribution in [0, 0.1) is 11.3 Å². The van der Waals surface area contributed by atoms with Crippen LogP contribution in [0.25, 0.3) is 16.9 Å². The number of halogens is 1. The maximum Gasteiger partial charge on any atom is 0.155 e. The number of nitriles is 1. The Morgan fingerprint density at radius 1 is 1.29 bits per heavy atom. The number of hydrogen-bond acceptors (Lipinski definition) is 7. The molecule has 1 atom stereocenters. The summed E-state index contributed by atoms with van der Waals surface area (Å²) in [4.78, 5) is 12.1. The molecule has 4 rings (SSSR count). The highest BCUT2D eigenvalue weighted by molar-refractivity contribution is 6.29. The molecule has 3 aromatic heterocycles. The van der Waals surface area contributed by atoms with Gasteiger partial charge in [-0.2, -0.15) is 10.4 Å². The third-order valence-electron chi connectivity index (χ3n) is 4.03. The van der Waals surface area contributed by atoms with Crippen molar-refractivity contribution in [2.24, 2.45) is 0 Å². The quantitative estimate of drug-likeness (QED) is 0.543. The zero-order chi connectivity index (χ0) is 24.0. The van der Waals surface area contributed by atoms with Gasteiger partial charge in [0, 0.05) is 11.1 Å². The van der Waals surface area contributed by atoms with E-state index in [0.29, 0.717) is 11.2 Å². The first-order valence-electron chi connectivity index (χ1n) is 10.5. The van der Waals surface area contributed by atoms with Gasteiger partial charge < -0.3 is 11.1 Å². The van der Waals surface area contributed by atoms with Crippen LogP contribution in [0.1, 0.15) is 30.9 Å². The van der Waals surface area contributed by atoms with Crippen LogP contribution in [-0.4, -0.2) is 24.6 Å². The second-order valence-electron chi connectivity index (χ2n) is 5.76. The molecular weight excluding hydrogens is 376 g/mol. The van der Waals surface area contributed by atoms with E-state index in [4.69, 9.17) is 24.2 Å². The number of nitrogens with zero attached hydrogens (tertiary/aromatic N) is 6. The number of anilines is 2. The Hall–Kier alpha value is -3.70. The summed E-state index contributed by atoms with van der Waals surface area (Å²) >= 11 is 6.18. The highest BCUT2D eigenvalue weighted by Gasteiger charge is 2.19. The Bertz CT molecular complexity index is 1440. The van der Waals surface area contributed by atoms with Gasteiger partial charge >= 0.3 is 0 Å². The average molecular weight is 396 g/mol. The van der Waals surface area contributed by atoms with Crippen molar-refractivity contribution in [3.63, 3.8) is 0 Å². The fourth-order valence-corrected chi connectivity index (χ4v) is 2.87. The lowest BCUT2D eigenvalue weighted by Crippen LogP contribution is -2.13. The first kappa shape index (κ1) is 12.6. The summed E-state index contributed by atoms with van der Waals surface area (Å²) in [5.41, 5.74) is 6.63. The second-order valence-corrected chi connectivity index (χ2v) is 6.15. The van der Waals surface area contributed by atoms with E-state index in [2.05, 4.69) is 25.4 Å². The number of hydrogen-bond donors (Lipinski definition) is 2. The van der Waals surface area contributed by atoms with Crippen molar-refractivity contribution in [1.82, 2.24) is 24.6 Å². The van der Waals surface area contributed by atoms with Gasteiger partial charge in [-0.15, -0.1) is 0 Å². The van der Waals surface area contributed by atoms with Gasteiger partial charge in [0.2, 0.25) is 0 Å². The van der Waals surface area contributed by atoms with E-state index >= 15 is 0 Å². The van der Waals surface area contributed by atoms with Crippen LogP contribution < -0.4 is 11.1 Å². The third-order valence-corrected chi connectivity index (χ3v) is 4.28. The predicted octanol–water partition coefficient (Wildman–Crippen LogP) is 3.47. The zero-order valence-electron chi connectivity index (χ0n) is 19.4. The third kappa shape index (κ3) is 3.08. The molecule has 8 nitrogen and oxygen atoms in total. The van der Waals surface area contributed by atoms with Gasteiger partial charge in [0.1, 0.15) is 29.6 Å². The molecular formula is C19H15ClN8. The van der Waals surface area contributed by atoms with E-state index in [0.717, 1.165) is 0 Å². The molecule has 138 valence electrons. The summed E-state index contributed by atoms with van der Waals surface area (Å²) in [6.45, 7) is 1.73. The molecule has 0 bridgehead atoms. The maximum absolute atomic E-state index is 9.42. The molecule has 3 N–H and O–H groups in total. The van der Waals surface area contributed by atoms with Gasteiger partial charge in [0.05, 0.1) is 24.8 Å². The van der Waals surface area contributed by atoms with E-state index in [9.17, 15) is 5.26 Å².